The molecule has 0 aliphatic rings. The van der Waals surface area contributed by atoms with Crippen LogP contribution in [0.25, 0.3) is 10.8 Å². The molecule has 0 aliphatic heterocycles. The third-order valence-electron chi connectivity index (χ3n) is 4.77. The first-order valence-electron chi connectivity index (χ1n) is 9.44. The van der Waals surface area contributed by atoms with Crippen molar-refractivity contribution >= 4 is 162 Å². The van der Waals surface area contributed by atoms with Crippen molar-refractivity contribution in [2.75, 3.05) is 9.44 Å². The van der Waals surface area contributed by atoms with E-state index in [1.165, 1.54) is 0 Å². The van der Waals surface area contributed by atoms with E-state index in [4.69, 9.17) is 116 Å². The van der Waals surface area contributed by atoms with Gasteiger partial charge in [0.2, 0.25) is 0 Å². The number of hydrogen-bond donors (Lipinski definition) is 2. The Morgan fingerprint density at radius 2 is 0.722 bits per heavy atom. The normalized spacial score (nSPS) is 11.3. The molecule has 188 valence electrons. The van der Waals surface area contributed by atoms with Crippen molar-refractivity contribution in [2.45, 2.75) is 9.79 Å². The molecule has 2 nitrogen and oxygen atoms in total. The summed E-state index contributed by atoms with van der Waals surface area (Å²) in [6.07, 6.45) is 0. The van der Waals surface area contributed by atoms with E-state index in [1.54, 1.807) is 0 Å². The van der Waals surface area contributed by atoms with E-state index in [2.05, 4.69) is 9.44 Å². The van der Waals surface area contributed by atoms with Crippen molar-refractivity contribution in [3.8, 4) is 0 Å². The van der Waals surface area contributed by atoms with E-state index in [9.17, 15) is 0 Å². The molecule has 36 heavy (non-hydrogen) atoms. The first-order chi connectivity index (χ1) is 17.0. The molecular weight excluding hydrogens is 711 g/mol. The highest BCUT2D eigenvalue weighted by Crippen LogP contribution is 2.50. The SMILES string of the molecule is Clc1c(Cl)c(Cl)c(SNc2cccc3cccc(NSc4c(Cl)c(Cl)c(Cl)c(Cl)c4Cl)c23)c(Cl)c1Cl. The zero-order valence-corrected chi connectivity index (χ0v) is 26.3. The minimum absolute atomic E-state index is 0.0890. The molecule has 4 rings (SSSR count). The lowest BCUT2D eigenvalue weighted by molar-refractivity contribution is 1.46. The first-order valence-corrected chi connectivity index (χ1v) is 14.9. The lowest BCUT2D eigenvalue weighted by Crippen LogP contribution is -1.95. The van der Waals surface area contributed by atoms with Crippen LogP contribution < -0.4 is 9.44 Å². The smallest absolute Gasteiger partial charge is 0.0809 e. The Kier molecular flexibility index (Phi) is 9.97. The molecular formula is C22H8Cl10N2S2. The molecule has 2 N–H and O–H groups in total. The summed E-state index contributed by atoms with van der Waals surface area (Å²) in [7, 11) is 0. The maximum Gasteiger partial charge on any atom is 0.0809 e. The van der Waals surface area contributed by atoms with Crippen molar-refractivity contribution in [3.63, 3.8) is 0 Å². The maximum absolute atomic E-state index is 6.38. The van der Waals surface area contributed by atoms with Gasteiger partial charge < -0.3 is 9.44 Å². The van der Waals surface area contributed by atoms with Crippen LogP contribution in [0.3, 0.4) is 0 Å². The first kappa shape index (κ1) is 29.3. The summed E-state index contributed by atoms with van der Waals surface area (Å²) in [6, 6.07) is 11.5. The van der Waals surface area contributed by atoms with E-state index in [0.717, 1.165) is 46.0 Å². The second-order valence-corrected chi connectivity index (χ2v) is 12.3. The number of rotatable bonds is 6. The zero-order valence-electron chi connectivity index (χ0n) is 17.1. The minimum atomic E-state index is 0.0890. The molecule has 0 bridgehead atoms. The number of hydrogen-bond acceptors (Lipinski definition) is 4. The summed E-state index contributed by atoms with van der Waals surface area (Å²) in [5.41, 5.74) is 1.50. The van der Waals surface area contributed by atoms with Crippen LogP contribution in [0.4, 0.5) is 11.4 Å². The van der Waals surface area contributed by atoms with Crippen LogP contribution in [0.15, 0.2) is 46.2 Å². The minimum Gasteiger partial charge on any atom is -0.325 e. The van der Waals surface area contributed by atoms with Gasteiger partial charge in [-0.15, -0.1) is 0 Å². The molecule has 0 fully saturated rings. The molecule has 0 aromatic heterocycles. The van der Waals surface area contributed by atoms with Crippen molar-refractivity contribution in [1.29, 1.82) is 0 Å². The van der Waals surface area contributed by atoms with Gasteiger partial charge in [-0.3, -0.25) is 0 Å². The lowest BCUT2D eigenvalue weighted by atomic mass is 10.1. The fourth-order valence-electron chi connectivity index (χ4n) is 3.07. The van der Waals surface area contributed by atoms with Crippen LogP contribution in [0, 0.1) is 0 Å². The molecule has 0 saturated heterocycles. The maximum atomic E-state index is 6.38. The highest BCUT2D eigenvalue weighted by molar-refractivity contribution is 8.01. The summed E-state index contributed by atoms with van der Waals surface area (Å²) in [6.45, 7) is 0. The van der Waals surface area contributed by atoms with Crippen LogP contribution in [0.5, 0.6) is 0 Å². The highest BCUT2D eigenvalue weighted by Gasteiger charge is 2.22. The second kappa shape index (κ2) is 12.2. The summed E-state index contributed by atoms with van der Waals surface area (Å²) >= 11 is 64.9. The van der Waals surface area contributed by atoms with Gasteiger partial charge in [-0.05, 0) is 41.4 Å². The van der Waals surface area contributed by atoms with E-state index in [-0.39, 0.29) is 50.2 Å². The van der Waals surface area contributed by atoms with Gasteiger partial charge in [0.25, 0.3) is 0 Å². The quantitative estimate of drug-likeness (QED) is 0.118. The molecule has 0 atom stereocenters. The number of anilines is 2. The Bertz CT molecular complexity index is 1350. The van der Waals surface area contributed by atoms with Gasteiger partial charge in [0, 0.05) is 5.39 Å². The summed E-state index contributed by atoms with van der Waals surface area (Å²) in [4.78, 5) is 0.858. The number of nitrogens with one attached hydrogen (secondary N) is 2. The fraction of sp³-hybridized carbons (Fsp3) is 0. The Labute approximate surface area is 265 Å². The van der Waals surface area contributed by atoms with Crippen LogP contribution in [0.2, 0.25) is 50.2 Å². The predicted molar refractivity (Wildman–Crippen MR) is 166 cm³/mol. The van der Waals surface area contributed by atoms with Gasteiger partial charge in [0.05, 0.1) is 71.4 Å². The van der Waals surface area contributed by atoms with Crippen LogP contribution >= 0.6 is 140 Å². The second-order valence-electron chi connectivity index (χ2n) is 6.92. The molecule has 4 aromatic carbocycles. The summed E-state index contributed by atoms with van der Waals surface area (Å²) < 4.78 is 6.55. The lowest BCUT2D eigenvalue weighted by Gasteiger charge is -2.17. The molecule has 0 heterocycles. The van der Waals surface area contributed by atoms with Crippen LogP contribution in [-0.4, -0.2) is 0 Å². The predicted octanol–water partition coefficient (Wildman–Crippen LogP) is 13.6. The third kappa shape index (κ3) is 5.63. The largest absolute Gasteiger partial charge is 0.325 e. The third-order valence-corrected chi connectivity index (χ3v) is 11.6. The van der Waals surface area contributed by atoms with Crippen molar-refractivity contribution in [2.24, 2.45) is 0 Å². The van der Waals surface area contributed by atoms with Crippen LogP contribution in [0.1, 0.15) is 0 Å². The summed E-state index contributed by atoms with van der Waals surface area (Å²) in [5.74, 6) is 0. The number of fused-ring (bicyclic) bond motifs is 1. The Morgan fingerprint density at radius 1 is 0.417 bits per heavy atom. The molecule has 4 aromatic rings. The van der Waals surface area contributed by atoms with Gasteiger partial charge in [-0.2, -0.15) is 0 Å². The van der Waals surface area contributed by atoms with Gasteiger partial charge in [-0.1, -0.05) is 140 Å². The summed E-state index contributed by atoms with van der Waals surface area (Å²) in [5, 5.41) is 3.17. The zero-order chi connectivity index (χ0) is 26.3. The fourth-order valence-corrected chi connectivity index (χ4v) is 7.57. The Balaban J connectivity index is 1.70. The van der Waals surface area contributed by atoms with Gasteiger partial charge in [0.1, 0.15) is 0 Å². The standard InChI is InChI=1S/C22H8Cl10N2S2/c23-11-13(25)17(29)21(18(30)14(11)26)35-33-8-5-1-3-7-4-2-6-9(10(7)8)34-36-22-19(31)15(27)12(24)16(28)20(22)32/h1-6,33-34H. The molecule has 0 radical (unpaired) electrons. The van der Waals surface area contributed by atoms with E-state index in [1.807, 2.05) is 36.4 Å². The van der Waals surface area contributed by atoms with Gasteiger partial charge in [0.15, 0.2) is 0 Å². The molecule has 0 saturated carbocycles. The number of benzene rings is 4. The molecule has 0 spiro atoms. The number of halogens is 10. The Hall–Kier alpha value is 0.340. The van der Waals surface area contributed by atoms with Crippen molar-refractivity contribution < 1.29 is 0 Å². The molecule has 0 aliphatic carbocycles. The van der Waals surface area contributed by atoms with Crippen LogP contribution in [-0.2, 0) is 0 Å². The van der Waals surface area contributed by atoms with E-state index < -0.39 is 0 Å². The van der Waals surface area contributed by atoms with Crippen molar-refractivity contribution in [3.05, 3.63) is 86.6 Å². The average molecular weight is 719 g/mol. The van der Waals surface area contributed by atoms with E-state index in [0.29, 0.717) is 9.79 Å². The molecule has 0 unspecified atom stereocenters. The van der Waals surface area contributed by atoms with Gasteiger partial charge >= 0.3 is 0 Å². The average Bonchev–Trinajstić information content (AvgIpc) is 2.88. The van der Waals surface area contributed by atoms with E-state index >= 15 is 0 Å². The topological polar surface area (TPSA) is 24.1 Å². The Morgan fingerprint density at radius 3 is 1.06 bits per heavy atom. The van der Waals surface area contributed by atoms with Crippen molar-refractivity contribution in [1.82, 2.24) is 0 Å². The monoisotopic (exact) mass is 714 g/mol. The molecule has 0 amide bonds. The van der Waals surface area contributed by atoms with Gasteiger partial charge in [-0.25, -0.2) is 0 Å². The molecule has 14 heteroatoms. The highest BCUT2D eigenvalue weighted by atomic mass is 35.5.